The lowest BCUT2D eigenvalue weighted by molar-refractivity contribution is -0.116. The third-order valence-corrected chi connectivity index (χ3v) is 4.41. The topological polar surface area (TPSA) is 59.8 Å². The summed E-state index contributed by atoms with van der Waals surface area (Å²) in [6.07, 6.45) is 3.05. The summed E-state index contributed by atoms with van der Waals surface area (Å²) >= 11 is 0. The van der Waals surface area contributed by atoms with Gasteiger partial charge in [-0.2, -0.15) is 5.10 Å². The first-order valence-electron chi connectivity index (χ1n) is 8.04. The molecule has 24 heavy (non-hydrogen) atoms. The van der Waals surface area contributed by atoms with E-state index in [0.29, 0.717) is 6.42 Å². The number of anilines is 1. The Balaban J connectivity index is 1.81. The predicted molar refractivity (Wildman–Crippen MR) is 92.6 cm³/mol. The molecular formula is C19H18N4O. The summed E-state index contributed by atoms with van der Waals surface area (Å²) in [5.74, 6) is 0.925. The van der Waals surface area contributed by atoms with Crippen molar-refractivity contribution in [3.63, 3.8) is 0 Å². The van der Waals surface area contributed by atoms with Crippen LogP contribution < -0.4 is 5.32 Å². The first-order valence-corrected chi connectivity index (χ1v) is 8.04. The van der Waals surface area contributed by atoms with Crippen LogP contribution in [0.25, 0.3) is 11.4 Å². The molecule has 1 aliphatic rings. The van der Waals surface area contributed by atoms with Crippen LogP contribution >= 0.6 is 0 Å². The van der Waals surface area contributed by atoms with Gasteiger partial charge in [-0.15, -0.1) is 0 Å². The molecule has 5 nitrogen and oxygen atoms in total. The number of hydrogen-bond acceptors (Lipinski definition) is 3. The van der Waals surface area contributed by atoms with E-state index in [1.807, 2.05) is 43.4 Å². The molecule has 0 bridgehead atoms. The first-order chi connectivity index (χ1) is 11.7. The number of pyridine rings is 1. The van der Waals surface area contributed by atoms with Crippen molar-refractivity contribution in [1.82, 2.24) is 14.8 Å². The van der Waals surface area contributed by atoms with Gasteiger partial charge in [0.25, 0.3) is 0 Å². The molecule has 0 fully saturated rings. The minimum absolute atomic E-state index is 0.0407. The highest BCUT2D eigenvalue weighted by Crippen LogP contribution is 2.40. The van der Waals surface area contributed by atoms with Crippen LogP contribution in [0, 0.1) is 0 Å². The summed E-state index contributed by atoms with van der Waals surface area (Å²) < 4.78 is 1.74. The zero-order chi connectivity index (χ0) is 16.5. The van der Waals surface area contributed by atoms with E-state index in [1.165, 1.54) is 5.56 Å². The molecule has 1 aliphatic heterocycles. The second kappa shape index (κ2) is 5.92. The fourth-order valence-corrected chi connectivity index (χ4v) is 3.35. The van der Waals surface area contributed by atoms with Crippen LogP contribution in [0.2, 0.25) is 0 Å². The van der Waals surface area contributed by atoms with E-state index in [1.54, 1.807) is 10.9 Å². The number of benzene rings is 1. The second-order valence-electron chi connectivity index (χ2n) is 6.09. The van der Waals surface area contributed by atoms with Gasteiger partial charge in [0.15, 0.2) is 0 Å². The molecule has 0 spiro atoms. The van der Waals surface area contributed by atoms with Gasteiger partial charge >= 0.3 is 0 Å². The fourth-order valence-electron chi connectivity index (χ4n) is 3.35. The molecule has 0 saturated heterocycles. The highest BCUT2D eigenvalue weighted by atomic mass is 16.1. The van der Waals surface area contributed by atoms with Crippen LogP contribution in [0.5, 0.6) is 0 Å². The summed E-state index contributed by atoms with van der Waals surface area (Å²) in [6, 6.07) is 16.1. The first kappa shape index (κ1) is 14.6. The average Bonchev–Trinajstić information content (AvgIpc) is 2.94. The molecule has 1 N–H and O–H groups in total. The van der Waals surface area contributed by atoms with Crippen LogP contribution in [-0.2, 0) is 18.3 Å². The molecule has 0 radical (unpaired) electrons. The molecule has 1 amide bonds. The largest absolute Gasteiger partial charge is 0.311 e. The predicted octanol–water partition coefficient (Wildman–Crippen LogP) is 3.15. The molecule has 0 unspecified atom stereocenters. The van der Waals surface area contributed by atoms with Gasteiger partial charge in [0.1, 0.15) is 11.5 Å². The van der Waals surface area contributed by atoms with Crippen molar-refractivity contribution in [2.24, 2.45) is 7.05 Å². The number of aromatic nitrogens is 3. The van der Waals surface area contributed by atoms with Crippen LogP contribution in [0.15, 0.2) is 54.7 Å². The molecule has 120 valence electrons. The number of carbonyl (C=O) groups excluding carboxylic acids is 1. The highest BCUT2D eigenvalue weighted by Gasteiger charge is 2.32. The molecule has 1 atom stereocenters. The Labute approximate surface area is 140 Å². The molecule has 0 saturated carbocycles. The van der Waals surface area contributed by atoms with Crippen molar-refractivity contribution in [3.05, 3.63) is 65.9 Å². The Hall–Kier alpha value is -2.95. The van der Waals surface area contributed by atoms with Crippen LogP contribution in [0.3, 0.4) is 0 Å². The average molecular weight is 318 g/mol. The number of aryl methyl sites for hydroxylation is 1. The molecule has 4 rings (SSSR count). The van der Waals surface area contributed by atoms with Crippen molar-refractivity contribution in [2.45, 2.75) is 18.8 Å². The van der Waals surface area contributed by atoms with Gasteiger partial charge in [-0.1, -0.05) is 36.4 Å². The van der Waals surface area contributed by atoms with E-state index in [0.717, 1.165) is 29.2 Å². The van der Waals surface area contributed by atoms with Gasteiger partial charge in [-0.05, 0) is 24.1 Å². The number of rotatable bonds is 3. The molecule has 5 heteroatoms. The van der Waals surface area contributed by atoms with Gasteiger partial charge < -0.3 is 5.32 Å². The van der Waals surface area contributed by atoms with E-state index in [2.05, 4.69) is 27.5 Å². The smallest absolute Gasteiger partial charge is 0.226 e. The van der Waals surface area contributed by atoms with Crippen LogP contribution in [0.1, 0.15) is 23.5 Å². The SMILES string of the molecule is Cn1nc(-c2ccccn2)c2c1NC(=O)C[C@H]2Cc1ccccc1. The number of nitrogens with one attached hydrogen (secondary N) is 1. The fraction of sp³-hybridized carbons (Fsp3) is 0.211. The number of nitrogens with zero attached hydrogens (tertiary/aromatic N) is 3. The molecule has 1 aromatic carbocycles. The van der Waals surface area contributed by atoms with E-state index < -0.39 is 0 Å². The van der Waals surface area contributed by atoms with E-state index in [4.69, 9.17) is 0 Å². The number of amides is 1. The second-order valence-corrected chi connectivity index (χ2v) is 6.09. The Bertz CT molecular complexity index is 871. The Morgan fingerprint density at radius 2 is 1.96 bits per heavy atom. The van der Waals surface area contributed by atoms with Gasteiger partial charge in [-0.25, -0.2) is 0 Å². The Morgan fingerprint density at radius 3 is 2.71 bits per heavy atom. The summed E-state index contributed by atoms with van der Waals surface area (Å²) in [4.78, 5) is 16.6. The lowest BCUT2D eigenvalue weighted by atomic mass is 9.86. The van der Waals surface area contributed by atoms with Crippen LogP contribution in [-0.4, -0.2) is 20.7 Å². The lowest BCUT2D eigenvalue weighted by Crippen LogP contribution is -2.25. The zero-order valence-corrected chi connectivity index (χ0v) is 13.4. The molecule has 0 aliphatic carbocycles. The van der Waals surface area contributed by atoms with Gasteiger partial charge in [-0.3, -0.25) is 14.5 Å². The van der Waals surface area contributed by atoms with Crippen molar-refractivity contribution >= 4 is 11.7 Å². The number of hydrogen-bond donors (Lipinski definition) is 1. The minimum Gasteiger partial charge on any atom is -0.311 e. The molecular weight excluding hydrogens is 300 g/mol. The highest BCUT2D eigenvalue weighted by molar-refractivity contribution is 5.95. The van der Waals surface area contributed by atoms with Gasteiger partial charge in [0.05, 0.1) is 5.69 Å². The maximum atomic E-state index is 12.2. The number of fused-ring (bicyclic) bond motifs is 1. The summed E-state index contributed by atoms with van der Waals surface area (Å²) in [7, 11) is 1.86. The van der Waals surface area contributed by atoms with E-state index in [-0.39, 0.29) is 11.8 Å². The van der Waals surface area contributed by atoms with Crippen molar-refractivity contribution in [2.75, 3.05) is 5.32 Å². The standard InChI is InChI=1S/C19H18N4O/c1-23-19-17(18(22-23)15-9-5-6-10-20-15)14(12-16(24)21-19)11-13-7-3-2-4-8-13/h2-10,14H,11-12H2,1H3,(H,21,24)/t14-/m1/s1. The number of carbonyl (C=O) groups is 1. The van der Waals surface area contributed by atoms with Gasteiger partial charge in [0.2, 0.25) is 5.91 Å². The molecule has 2 aromatic heterocycles. The summed E-state index contributed by atoms with van der Waals surface area (Å²) in [5, 5.41) is 7.60. The third kappa shape index (κ3) is 2.58. The van der Waals surface area contributed by atoms with Crippen molar-refractivity contribution in [3.8, 4) is 11.4 Å². The monoisotopic (exact) mass is 318 g/mol. The van der Waals surface area contributed by atoms with Crippen molar-refractivity contribution in [1.29, 1.82) is 0 Å². The maximum Gasteiger partial charge on any atom is 0.226 e. The summed E-state index contributed by atoms with van der Waals surface area (Å²) in [6.45, 7) is 0. The van der Waals surface area contributed by atoms with Gasteiger partial charge in [0, 0.05) is 31.1 Å². The summed E-state index contributed by atoms with van der Waals surface area (Å²) in [5.41, 5.74) is 4.00. The quantitative estimate of drug-likeness (QED) is 0.807. The zero-order valence-electron chi connectivity index (χ0n) is 13.4. The Kier molecular flexibility index (Phi) is 3.61. The van der Waals surface area contributed by atoms with E-state index >= 15 is 0 Å². The van der Waals surface area contributed by atoms with Crippen LogP contribution in [0.4, 0.5) is 5.82 Å². The molecule has 3 heterocycles. The van der Waals surface area contributed by atoms with Crippen molar-refractivity contribution < 1.29 is 4.79 Å². The maximum absolute atomic E-state index is 12.2. The molecule has 3 aromatic rings. The third-order valence-electron chi connectivity index (χ3n) is 4.41. The van der Waals surface area contributed by atoms with E-state index in [9.17, 15) is 4.79 Å². The minimum atomic E-state index is 0.0407. The lowest BCUT2D eigenvalue weighted by Gasteiger charge is -2.24. The normalized spacial score (nSPS) is 16.5. The Morgan fingerprint density at radius 1 is 1.17 bits per heavy atom.